The van der Waals surface area contributed by atoms with Gasteiger partial charge in [-0.05, 0) is 166 Å². The number of hydrogen-bond acceptors (Lipinski definition) is 15. The molecule has 17 nitrogen and oxygen atoms in total. The van der Waals surface area contributed by atoms with Crippen LogP contribution in [0.3, 0.4) is 0 Å². The van der Waals surface area contributed by atoms with Crippen LogP contribution >= 0.6 is 12.6 Å². The Morgan fingerprint density at radius 2 is 1.08 bits per heavy atom. The number of azo groups is 3. The molecule has 344 valence electrons. The van der Waals surface area contributed by atoms with Crippen LogP contribution in [0, 0.1) is 34.6 Å². The summed E-state index contributed by atoms with van der Waals surface area (Å²) in [6.07, 6.45) is 0.118. The number of ether oxygens (including phenoxy) is 2. The van der Waals surface area contributed by atoms with E-state index in [2.05, 4.69) is 48.6 Å². The van der Waals surface area contributed by atoms with E-state index in [0.717, 1.165) is 38.7 Å². The summed E-state index contributed by atoms with van der Waals surface area (Å²) in [6.45, 7) is 9.44. The number of benzene rings is 6. The number of carbonyl (C=O) groups excluding carboxylic acids is 1. The molecule has 0 heterocycles. The van der Waals surface area contributed by atoms with Crippen LogP contribution in [0.2, 0.25) is 0 Å². The molecule has 0 fully saturated rings. The normalized spacial score (nSPS) is 12.2. The first-order valence-corrected chi connectivity index (χ1v) is 24.1. The highest BCUT2D eigenvalue weighted by atomic mass is 32.2. The predicted molar refractivity (Wildman–Crippen MR) is 259 cm³/mol. The molecule has 0 aliphatic carbocycles. The zero-order chi connectivity index (χ0) is 47.8. The first kappa shape index (κ1) is 48.9. The molecule has 6 aromatic carbocycles. The van der Waals surface area contributed by atoms with Crippen molar-refractivity contribution < 1.29 is 40.2 Å². The van der Waals surface area contributed by atoms with E-state index in [4.69, 9.17) is 19.8 Å². The summed E-state index contributed by atoms with van der Waals surface area (Å²) in [4.78, 5) is 13.8. The molecule has 20 heteroatoms. The van der Waals surface area contributed by atoms with E-state index in [1.54, 1.807) is 66.7 Å². The van der Waals surface area contributed by atoms with E-state index in [1.165, 1.54) is 0 Å². The van der Waals surface area contributed by atoms with Gasteiger partial charge in [-0.25, -0.2) is 0 Å². The minimum absolute atomic E-state index is 0.0151. The molecular formula is C46H48N8O9S3. The second-order valence-electron chi connectivity index (χ2n) is 15.5. The van der Waals surface area contributed by atoms with Crippen molar-refractivity contribution in [3.8, 4) is 11.5 Å². The molecule has 5 N–H and O–H groups in total. The highest BCUT2D eigenvalue weighted by Gasteiger charge is 2.14. The molecule has 0 aromatic heterocycles. The molecule has 0 radical (unpaired) electrons. The summed E-state index contributed by atoms with van der Waals surface area (Å²) in [6, 6.07) is 26.1. The van der Waals surface area contributed by atoms with E-state index in [-0.39, 0.29) is 37.7 Å². The quantitative estimate of drug-likeness (QED) is 0.0179. The fourth-order valence-electron chi connectivity index (χ4n) is 6.47. The summed E-state index contributed by atoms with van der Waals surface area (Å²) in [5.74, 6) is -0.540. The zero-order valence-corrected chi connectivity index (χ0v) is 39.2. The number of nitrogens with two attached hydrogens (primary N) is 1. The second kappa shape index (κ2) is 21.2. The number of nitrogens with one attached hydrogen (secondary N) is 1. The summed E-state index contributed by atoms with van der Waals surface area (Å²) in [7, 11) is -8.29. The highest BCUT2D eigenvalue weighted by Crippen LogP contribution is 2.39. The van der Waals surface area contributed by atoms with Crippen LogP contribution < -0.4 is 20.5 Å². The molecule has 1 amide bonds. The Hall–Kier alpha value is -6.58. The average molecular weight is 953 g/mol. The standard InChI is InChI=1S/C46H48N8O9S3/c1-27-19-39(28(2)18-38(27)47)51-52-40-20-30(4)41(21-29(40)3)53-54-43-22-31(5)42(26-45(43)63-15-7-17-66(59,60)61)50-49-34-10-8-32(9-11-34)46(55)48-35-12-13-37-33(23-35)24-36(64)25-44(37)62-14-6-16-65(56,57)58/h8-13,18-26,64H,6-7,14-17,47H2,1-5H3,(H,48,55)(H,56,57,58)(H,59,60,61). The van der Waals surface area contributed by atoms with Crippen LogP contribution in [0.1, 0.15) is 51.0 Å². The number of hydrogen-bond donors (Lipinski definition) is 5. The van der Waals surface area contributed by atoms with Gasteiger partial charge in [-0.1, -0.05) is 0 Å². The third kappa shape index (κ3) is 13.7. The molecule has 0 saturated heterocycles. The van der Waals surface area contributed by atoms with Gasteiger partial charge < -0.3 is 20.5 Å². The molecule has 0 atom stereocenters. The van der Waals surface area contributed by atoms with Crippen LogP contribution in [0.4, 0.5) is 45.5 Å². The van der Waals surface area contributed by atoms with E-state index in [1.807, 2.05) is 58.9 Å². The highest BCUT2D eigenvalue weighted by molar-refractivity contribution is 7.86. The number of fused-ring (bicyclic) bond motifs is 1. The van der Waals surface area contributed by atoms with Crippen molar-refractivity contribution in [1.82, 2.24) is 0 Å². The molecule has 6 rings (SSSR count). The number of rotatable bonds is 18. The number of nitrogen functional groups attached to an aromatic ring is 1. The van der Waals surface area contributed by atoms with Gasteiger partial charge in [-0.15, -0.1) is 17.7 Å². The van der Waals surface area contributed by atoms with E-state index >= 15 is 0 Å². The topological polar surface area (TPSA) is 256 Å². The summed E-state index contributed by atoms with van der Waals surface area (Å²) in [5.41, 5.74) is 14.9. The smallest absolute Gasteiger partial charge is 0.264 e. The third-order valence-corrected chi connectivity index (χ3v) is 11.9. The lowest BCUT2D eigenvalue weighted by molar-refractivity contribution is 0.102. The van der Waals surface area contributed by atoms with Crippen molar-refractivity contribution in [2.75, 3.05) is 35.8 Å². The van der Waals surface area contributed by atoms with Gasteiger partial charge >= 0.3 is 0 Å². The van der Waals surface area contributed by atoms with Gasteiger partial charge in [0.25, 0.3) is 26.1 Å². The van der Waals surface area contributed by atoms with E-state index in [0.29, 0.717) is 61.6 Å². The van der Waals surface area contributed by atoms with Gasteiger partial charge in [0.05, 0.1) is 53.2 Å². The Morgan fingerprint density at radius 1 is 0.591 bits per heavy atom. The Bertz CT molecular complexity index is 3120. The lowest BCUT2D eigenvalue weighted by atomic mass is 10.1. The maximum absolute atomic E-state index is 13.2. The number of anilines is 2. The minimum atomic E-state index is -4.20. The number of amides is 1. The molecule has 0 bridgehead atoms. The predicted octanol–water partition coefficient (Wildman–Crippen LogP) is 12.1. The third-order valence-electron chi connectivity index (χ3n) is 10.1. The largest absolute Gasteiger partial charge is 0.493 e. The first-order chi connectivity index (χ1) is 31.2. The van der Waals surface area contributed by atoms with Gasteiger partial charge in [0.1, 0.15) is 17.2 Å². The maximum Gasteiger partial charge on any atom is 0.264 e. The summed E-state index contributed by atoms with van der Waals surface area (Å²) in [5, 5.41) is 31.1. The van der Waals surface area contributed by atoms with Crippen molar-refractivity contribution in [1.29, 1.82) is 0 Å². The SMILES string of the molecule is Cc1cc(N=Nc2cc(C)c(N=Nc3cc(C)c(N=Nc4ccc(C(=O)Nc5ccc6c(OCCCS(=O)(=O)O)cc(S)cc6c5)cc4)cc3OCCCS(=O)(=O)O)cc2C)c(C)cc1N. The van der Waals surface area contributed by atoms with E-state index < -0.39 is 31.7 Å². The lowest BCUT2D eigenvalue weighted by Gasteiger charge is -2.12. The first-order valence-electron chi connectivity index (χ1n) is 20.4. The molecule has 0 saturated carbocycles. The molecule has 66 heavy (non-hydrogen) atoms. The zero-order valence-electron chi connectivity index (χ0n) is 36.7. The minimum Gasteiger partial charge on any atom is -0.493 e. The molecule has 0 aliphatic rings. The molecular weight excluding hydrogens is 905 g/mol. The van der Waals surface area contributed by atoms with Crippen molar-refractivity contribution in [2.45, 2.75) is 52.4 Å². The fourth-order valence-corrected chi connectivity index (χ4v) is 7.69. The number of nitrogens with zero attached hydrogens (tertiary/aromatic N) is 6. The molecule has 0 unspecified atom stereocenters. The van der Waals surface area contributed by atoms with Crippen LogP contribution in [0.5, 0.6) is 11.5 Å². The van der Waals surface area contributed by atoms with Crippen molar-refractivity contribution in [3.63, 3.8) is 0 Å². The maximum atomic E-state index is 13.2. The lowest BCUT2D eigenvalue weighted by Crippen LogP contribution is -2.11. The molecule has 6 aromatic rings. The monoisotopic (exact) mass is 952 g/mol. The van der Waals surface area contributed by atoms with Gasteiger partial charge in [-0.3, -0.25) is 13.9 Å². The Morgan fingerprint density at radius 3 is 1.65 bits per heavy atom. The van der Waals surface area contributed by atoms with Gasteiger partial charge in [-0.2, -0.15) is 42.4 Å². The number of thiol groups is 1. The molecule has 0 aliphatic heterocycles. The Balaban J connectivity index is 1.16. The van der Waals surface area contributed by atoms with Crippen molar-refractivity contribution in [2.24, 2.45) is 30.7 Å². The van der Waals surface area contributed by atoms with Gasteiger partial charge in [0.15, 0.2) is 0 Å². The van der Waals surface area contributed by atoms with Crippen LogP contribution in [0.15, 0.2) is 127 Å². The van der Waals surface area contributed by atoms with Crippen molar-refractivity contribution >= 4 is 95.0 Å². The summed E-state index contributed by atoms with van der Waals surface area (Å²) >= 11 is 4.45. The number of carbonyl (C=O) groups is 1. The van der Waals surface area contributed by atoms with Gasteiger partial charge in [0.2, 0.25) is 0 Å². The van der Waals surface area contributed by atoms with Gasteiger partial charge in [0, 0.05) is 33.3 Å². The van der Waals surface area contributed by atoms with Crippen LogP contribution in [-0.2, 0) is 20.2 Å². The fraction of sp³-hybridized carbons (Fsp3) is 0.239. The average Bonchev–Trinajstić information content (AvgIpc) is 3.24. The molecule has 0 spiro atoms. The second-order valence-corrected chi connectivity index (χ2v) is 19.1. The van der Waals surface area contributed by atoms with Crippen LogP contribution in [-0.4, -0.2) is 56.6 Å². The Labute approximate surface area is 388 Å². The number of aryl methyl sites for hydroxylation is 5. The Kier molecular flexibility index (Phi) is 15.7. The van der Waals surface area contributed by atoms with Crippen molar-refractivity contribution in [3.05, 3.63) is 124 Å². The van der Waals surface area contributed by atoms with Crippen LogP contribution in [0.25, 0.3) is 10.8 Å². The van der Waals surface area contributed by atoms with E-state index in [9.17, 15) is 26.2 Å². The summed E-state index contributed by atoms with van der Waals surface area (Å²) < 4.78 is 74.8.